The zero-order chi connectivity index (χ0) is 21.8. The number of thiazole rings is 1. The molecule has 2 aromatic carbocycles. The van der Waals surface area contributed by atoms with Crippen LogP contribution in [0.4, 0.5) is 0 Å². The molecule has 0 saturated carbocycles. The molecular formula is C23H21ClN4O2S. The number of halogens is 1. The zero-order valence-corrected chi connectivity index (χ0v) is 18.7. The van der Waals surface area contributed by atoms with Crippen molar-refractivity contribution in [3.05, 3.63) is 99.0 Å². The summed E-state index contributed by atoms with van der Waals surface area (Å²) in [5, 5.41) is 6.68. The summed E-state index contributed by atoms with van der Waals surface area (Å²) in [6, 6.07) is 14.1. The molecule has 0 bridgehead atoms. The Balaban J connectivity index is 1.53. The van der Waals surface area contributed by atoms with E-state index in [1.165, 1.54) is 0 Å². The fraction of sp³-hybridized carbons (Fsp3) is 0.174. The molecule has 1 N–H and O–H groups in total. The van der Waals surface area contributed by atoms with Crippen LogP contribution in [0.25, 0.3) is 0 Å². The molecule has 0 aliphatic heterocycles. The highest BCUT2D eigenvalue weighted by Gasteiger charge is 2.21. The molecule has 31 heavy (non-hydrogen) atoms. The fourth-order valence-corrected chi connectivity index (χ4v) is 3.90. The van der Waals surface area contributed by atoms with Gasteiger partial charge in [0.25, 0.3) is 5.91 Å². The Morgan fingerprint density at radius 1 is 1.26 bits per heavy atom. The predicted octanol–water partition coefficient (Wildman–Crippen LogP) is 4.94. The monoisotopic (exact) mass is 452 g/mol. The van der Waals surface area contributed by atoms with Crippen LogP contribution in [0, 0.1) is 6.92 Å². The van der Waals surface area contributed by atoms with Gasteiger partial charge in [-0.1, -0.05) is 29.8 Å². The van der Waals surface area contributed by atoms with E-state index >= 15 is 0 Å². The summed E-state index contributed by atoms with van der Waals surface area (Å²) in [5.74, 6) is 1.11. The second-order valence-electron chi connectivity index (χ2n) is 7.03. The van der Waals surface area contributed by atoms with Crippen LogP contribution in [-0.2, 0) is 13.7 Å². The van der Waals surface area contributed by atoms with Crippen LogP contribution in [0.1, 0.15) is 38.5 Å². The number of imidazole rings is 1. The molecule has 6 nitrogen and oxygen atoms in total. The number of aryl methyl sites for hydroxylation is 2. The van der Waals surface area contributed by atoms with Gasteiger partial charge in [0, 0.05) is 35.4 Å². The van der Waals surface area contributed by atoms with Gasteiger partial charge in [-0.05, 0) is 42.8 Å². The van der Waals surface area contributed by atoms with Gasteiger partial charge < -0.3 is 14.6 Å². The Labute approximate surface area is 189 Å². The molecule has 0 unspecified atom stereocenters. The average Bonchev–Trinajstić information content (AvgIpc) is 3.39. The van der Waals surface area contributed by atoms with Crippen molar-refractivity contribution in [2.45, 2.75) is 19.6 Å². The molecule has 0 fully saturated rings. The summed E-state index contributed by atoms with van der Waals surface area (Å²) < 4.78 is 7.71. The molecule has 1 amide bonds. The average molecular weight is 453 g/mol. The number of carbonyl (C=O) groups excluding carboxylic acids is 1. The number of ether oxygens (including phenoxy) is 1. The van der Waals surface area contributed by atoms with Gasteiger partial charge in [-0.25, -0.2) is 9.97 Å². The van der Waals surface area contributed by atoms with E-state index in [9.17, 15) is 4.79 Å². The van der Waals surface area contributed by atoms with Gasteiger partial charge in [-0.2, -0.15) is 0 Å². The topological polar surface area (TPSA) is 69.0 Å². The van der Waals surface area contributed by atoms with Gasteiger partial charge in [-0.3, -0.25) is 4.79 Å². The molecular weight excluding hydrogens is 432 g/mol. The third kappa shape index (κ3) is 5.13. The molecule has 0 aliphatic carbocycles. The van der Waals surface area contributed by atoms with Crippen molar-refractivity contribution in [2.75, 3.05) is 0 Å². The Morgan fingerprint density at radius 2 is 2.06 bits per heavy atom. The number of benzene rings is 2. The third-order valence-corrected chi connectivity index (χ3v) is 5.82. The van der Waals surface area contributed by atoms with Gasteiger partial charge in [0.05, 0.1) is 10.7 Å². The van der Waals surface area contributed by atoms with Crippen LogP contribution in [0.5, 0.6) is 5.75 Å². The number of aromatic nitrogens is 3. The van der Waals surface area contributed by atoms with E-state index in [1.807, 2.05) is 48.3 Å². The minimum absolute atomic E-state index is 0.224. The molecule has 1 atom stereocenters. The second-order valence-corrected chi connectivity index (χ2v) is 8.53. The van der Waals surface area contributed by atoms with Crippen molar-refractivity contribution in [2.24, 2.45) is 7.05 Å². The quantitative estimate of drug-likeness (QED) is 0.431. The largest absolute Gasteiger partial charge is 0.487 e. The lowest BCUT2D eigenvalue weighted by molar-refractivity contribution is 0.0940. The first-order valence-electron chi connectivity index (χ1n) is 9.67. The summed E-state index contributed by atoms with van der Waals surface area (Å²) >= 11 is 7.62. The smallest absolute Gasteiger partial charge is 0.252 e. The molecule has 4 aromatic rings. The van der Waals surface area contributed by atoms with Crippen LogP contribution in [0.15, 0.2) is 66.3 Å². The normalized spacial score (nSPS) is 11.8. The van der Waals surface area contributed by atoms with Crippen molar-refractivity contribution in [3.8, 4) is 5.75 Å². The number of amides is 1. The highest BCUT2D eigenvalue weighted by atomic mass is 35.5. The van der Waals surface area contributed by atoms with Crippen LogP contribution in [0.2, 0.25) is 5.02 Å². The second kappa shape index (κ2) is 9.32. The molecule has 8 heteroatoms. The van der Waals surface area contributed by atoms with E-state index < -0.39 is 6.04 Å². The number of hydrogen-bond acceptors (Lipinski definition) is 5. The summed E-state index contributed by atoms with van der Waals surface area (Å²) in [4.78, 5) is 21.9. The molecule has 0 saturated heterocycles. The van der Waals surface area contributed by atoms with Crippen molar-refractivity contribution in [3.63, 3.8) is 0 Å². The fourth-order valence-electron chi connectivity index (χ4n) is 3.18. The Morgan fingerprint density at radius 3 is 2.74 bits per heavy atom. The van der Waals surface area contributed by atoms with Crippen LogP contribution >= 0.6 is 22.9 Å². The maximum Gasteiger partial charge on any atom is 0.252 e. The summed E-state index contributed by atoms with van der Waals surface area (Å²) in [6.45, 7) is 2.31. The first-order valence-corrected chi connectivity index (χ1v) is 10.9. The highest BCUT2D eigenvalue weighted by Crippen LogP contribution is 2.24. The van der Waals surface area contributed by atoms with Gasteiger partial charge in [-0.15, -0.1) is 11.3 Å². The lowest BCUT2D eigenvalue weighted by Gasteiger charge is -2.19. The standard InChI is InChI=1S/C23H21ClN4O2S/c1-15-26-19(14-31-15)13-30-20-5-3-4-17(12-20)23(29)27-21(22-25-10-11-28(22)2)16-6-8-18(24)9-7-16/h3-12,14,21H,13H2,1-2H3,(H,27,29)/t21-/m0/s1. The maximum atomic E-state index is 13.1. The number of nitrogens with one attached hydrogen (secondary N) is 1. The lowest BCUT2D eigenvalue weighted by atomic mass is 10.1. The first-order chi connectivity index (χ1) is 15.0. The zero-order valence-electron chi connectivity index (χ0n) is 17.1. The number of carbonyl (C=O) groups is 1. The van der Waals surface area contributed by atoms with Crippen LogP contribution < -0.4 is 10.1 Å². The molecule has 2 aromatic heterocycles. The molecule has 0 aliphatic rings. The number of nitrogens with zero attached hydrogens (tertiary/aromatic N) is 3. The van der Waals surface area contributed by atoms with Gasteiger partial charge in [0.15, 0.2) is 0 Å². The molecule has 4 rings (SSSR count). The van der Waals surface area contributed by atoms with Crippen LogP contribution in [-0.4, -0.2) is 20.4 Å². The number of hydrogen-bond donors (Lipinski definition) is 1. The minimum Gasteiger partial charge on any atom is -0.487 e. The minimum atomic E-state index is -0.424. The van der Waals surface area contributed by atoms with Crippen molar-refractivity contribution >= 4 is 28.8 Å². The van der Waals surface area contributed by atoms with E-state index in [0.29, 0.717) is 22.9 Å². The van der Waals surface area contributed by atoms with Crippen molar-refractivity contribution in [1.29, 1.82) is 0 Å². The van der Waals surface area contributed by atoms with Crippen LogP contribution in [0.3, 0.4) is 0 Å². The van der Waals surface area contributed by atoms with Crippen molar-refractivity contribution in [1.82, 2.24) is 19.9 Å². The van der Waals surface area contributed by atoms with E-state index in [-0.39, 0.29) is 5.91 Å². The van der Waals surface area contributed by atoms with Gasteiger partial charge in [0.2, 0.25) is 0 Å². The summed E-state index contributed by atoms with van der Waals surface area (Å²) in [7, 11) is 1.89. The molecule has 0 radical (unpaired) electrons. The Kier molecular flexibility index (Phi) is 6.34. The highest BCUT2D eigenvalue weighted by molar-refractivity contribution is 7.09. The summed E-state index contributed by atoms with van der Waals surface area (Å²) in [6.07, 6.45) is 3.55. The van der Waals surface area contributed by atoms with E-state index in [0.717, 1.165) is 22.1 Å². The van der Waals surface area contributed by atoms with Crippen molar-refractivity contribution < 1.29 is 9.53 Å². The van der Waals surface area contributed by atoms with Gasteiger partial charge >= 0.3 is 0 Å². The van der Waals surface area contributed by atoms with E-state index in [2.05, 4.69) is 15.3 Å². The molecule has 158 valence electrons. The molecule has 2 heterocycles. The van der Waals surface area contributed by atoms with E-state index in [1.54, 1.807) is 47.9 Å². The predicted molar refractivity (Wildman–Crippen MR) is 122 cm³/mol. The first kappa shape index (κ1) is 21.1. The third-order valence-electron chi connectivity index (χ3n) is 4.74. The summed E-state index contributed by atoms with van der Waals surface area (Å²) in [5.41, 5.74) is 2.26. The number of rotatable bonds is 7. The molecule has 0 spiro atoms. The maximum absolute atomic E-state index is 13.1. The van der Waals surface area contributed by atoms with E-state index in [4.69, 9.17) is 16.3 Å². The lowest BCUT2D eigenvalue weighted by Crippen LogP contribution is -2.31. The Hall–Kier alpha value is -3.16. The Bertz CT molecular complexity index is 1190. The SMILES string of the molecule is Cc1nc(COc2cccc(C(=O)N[C@@H](c3ccc(Cl)cc3)c3nccn3C)c2)cs1. The van der Waals surface area contributed by atoms with Gasteiger partial charge in [0.1, 0.15) is 24.2 Å².